The van der Waals surface area contributed by atoms with Crippen LogP contribution in [-0.2, 0) is 21.4 Å². The summed E-state index contributed by atoms with van der Waals surface area (Å²) in [4.78, 5) is 12.8. The Morgan fingerprint density at radius 2 is 1.77 bits per heavy atom. The van der Waals surface area contributed by atoms with Crippen molar-refractivity contribution in [3.05, 3.63) is 66.0 Å². The average molecular weight is 376 g/mol. The second-order valence-electron chi connectivity index (χ2n) is 6.28. The van der Waals surface area contributed by atoms with Crippen molar-refractivity contribution in [2.45, 2.75) is 36.7 Å². The third kappa shape index (κ3) is 4.11. The Kier molecular flexibility index (Phi) is 5.68. The Morgan fingerprint density at radius 3 is 2.46 bits per heavy atom. The van der Waals surface area contributed by atoms with Crippen LogP contribution in [-0.4, -0.2) is 31.2 Å². The fourth-order valence-electron chi connectivity index (χ4n) is 3.09. The summed E-state index contributed by atoms with van der Waals surface area (Å²) in [5.41, 5.74) is 0.757. The van der Waals surface area contributed by atoms with Crippen LogP contribution in [0.3, 0.4) is 0 Å². The second-order valence-corrected chi connectivity index (χ2v) is 8.18. The molecule has 1 heterocycles. The first-order valence-electron chi connectivity index (χ1n) is 8.57. The highest BCUT2D eigenvalue weighted by Gasteiger charge is 2.37. The summed E-state index contributed by atoms with van der Waals surface area (Å²) in [5, 5.41) is 2.77. The molecule has 5 nitrogen and oxygen atoms in total. The van der Waals surface area contributed by atoms with E-state index in [0.29, 0.717) is 13.0 Å². The van der Waals surface area contributed by atoms with Crippen LogP contribution in [0.4, 0.5) is 4.39 Å². The maximum atomic E-state index is 13.0. The molecule has 7 heteroatoms. The van der Waals surface area contributed by atoms with Crippen LogP contribution in [0.5, 0.6) is 0 Å². The summed E-state index contributed by atoms with van der Waals surface area (Å²) in [6, 6.07) is 13.3. The van der Waals surface area contributed by atoms with E-state index in [1.807, 2.05) is 0 Å². The summed E-state index contributed by atoms with van der Waals surface area (Å²) in [5.74, 6) is -0.666. The van der Waals surface area contributed by atoms with Crippen molar-refractivity contribution in [1.82, 2.24) is 9.62 Å². The highest BCUT2D eigenvalue weighted by atomic mass is 32.2. The Balaban J connectivity index is 1.74. The topological polar surface area (TPSA) is 66.5 Å². The lowest BCUT2D eigenvalue weighted by Crippen LogP contribution is -2.51. The SMILES string of the molecule is O=C(NCc1ccc(F)cc1)[C@@H]1CCCCN1S(=O)(=O)c1ccccc1. The van der Waals surface area contributed by atoms with Gasteiger partial charge in [-0.25, -0.2) is 12.8 Å². The van der Waals surface area contributed by atoms with Gasteiger partial charge >= 0.3 is 0 Å². The van der Waals surface area contributed by atoms with Crippen molar-refractivity contribution in [3.63, 3.8) is 0 Å². The molecule has 2 aromatic rings. The molecule has 0 unspecified atom stereocenters. The molecule has 1 atom stereocenters. The van der Waals surface area contributed by atoms with Gasteiger partial charge in [-0.1, -0.05) is 36.8 Å². The molecule has 0 spiro atoms. The fourth-order valence-corrected chi connectivity index (χ4v) is 4.77. The van der Waals surface area contributed by atoms with E-state index in [9.17, 15) is 17.6 Å². The molecule has 0 radical (unpaired) electrons. The van der Waals surface area contributed by atoms with Gasteiger partial charge in [-0.3, -0.25) is 4.79 Å². The number of carbonyl (C=O) groups is 1. The molecule has 138 valence electrons. The Bertz CT molecular complexity index is 854. The van der Waals surface area contributed by atoms with E-state index < -0.39 is 16.1 Å². The third-order valence-electron chi connectivity index (χ3n) is 4.49. The van der Waals surface area contributed by atoms with Gasteiger partial charge in [0.25, 0.3) is 0 Å². The van der Waals surface area contributed by atoms with Gasteiger partial charge in [0.05, 0.1) is 4.90 Å². The molecule has 1 fully saturated rings. The second kappa shape index (κ2) is 7.97. The number of benzene rings is 2. The minimum absolute atomic E-state index is 0.193. The van der Waals surface area contributed by atoms with Crippen LogP contribution in [0.25, 0.3) is 0 Å². The number of carbonyl (C=O) groups excluding carboxylic acids is 1. The zero-order valence-corrected chi connectivity index (χ0v) is 15.1. The van der Waals surface area contributed by atoms with E-state index in [2.05, 4.69) is 5.32 Å². The van der Waals surface area contributed by atoms with Crippen LogP contribution in [0, 0.1) is 5.82 Å². The number of halogens is 1. The van der Waals surface area contributed by atoms with Gasteiger partial charge in [-0.15, -0.1) is 0 Å². The van der Waals surface area contributed by atoms with Crippen molar-refractivity contribution >= 4 is 15.9 Å². The lowest BCUT2D eigenvalue weighted by Gasteiger charge is -2.33. The molecule has 2 aromatic carbocycles. The molecular formula is C19H21FN2O3S. The van der Waals surface area contributed by atoms with Gasteiger partial charge in [0, 0.05) is 13.1 Å². The maximum absolute atomic E-state index is 13.0. The molecule has 1 aliphatic rings. The quantitative estimate of drug-likeness (QED) is 0.873. The summed E-state index contributed by atoms with van der Waals surface area (Å²) < 4.78 is 40.1. The van der Waals surface area contributed by atoms with Crippen molar-refractivity contribution in [3.8, 4) is 0 Å². The van der Waals surface area contributed by atoms with Crippen LogP contribution in [0.15, 0.2) is 59.5 Å². The molecule has 1 saturated heterocycles. The van der Waals surface area contributed by atoms with Gasteiger partial charge < -0.3 is 5.32 Å². The maximum Gasteiger partial charge on any atom is 0.243 e. The Labute approximate surface area is 152 Å². The molecule has 0 saturated carbocycles. The monoisotopic (exact) mass is 376 g/mol. The Hall–Kier alpha value is -2.25. The number of amides is 1. The third-order valence-corrected chi connectivity index (χ3v) is 6.41. The van der Waals surface area contributed by atoms with Gasteiger partial charge in [-0.05, 0) is 42.7 Å². The summed E-state index contributed by atoms with van der Waals surface area (Å²) >= 11 is 0. The standard InChI is InChI=1S/C19H21FN2O3S/c20-16-11-9-15(10-12-16)14-21-19(23)18-8-4-5-13-22(18)26(24,25)17-6-2-1-3-7-17/h1-3,6-7,9-12,18H,4-5,8,13-14H2,(H,21,23)/t18-/m0/s1. The number of nitrogens with zero attached hydrogens (tertiary/aromatic N) is 1. The van der Waals surface area contributed by atoms with Gasteiger partial charge in [-0.2, -0.15) is 4.31 Å². The number of rotatable bonds is 5. The first-order chi connectivity index (χ1) is 12.5. The summed E-state index contributed by atoms with van der Waals surface area (Å²) in [6.07, 6.45) is 2.02. The summed E-state index contributed by atoms with van der Waals surface area (Å²) in [6.45, 7) is 0.556. The normalized spacial score (nSPS) is 18.4. The van der Waals surface area contributed by atoms with E-state index in [4.69, 9.17) is 0 Å². The lowest BCUT2D eigenvalue weighted by molar-refractivity contribution is -0.125. The molecule has 0 aliphatic carbocycles. The number of sulfonamides is 1. The van der Waals surface area contributed by atoms with E-state index in [1.54, 1.807) is 30.3 Å². The molecule has 0 aromatic heterocycles. The van der Waals surface area contributed by atoms with Crippen molar-refractivity contribution in [2.75, 3.05) is 6.54 Å². The smallest absolute Gasteiger partial charge is 0.243 e. The van der Waals surface area contributed by atoms with E-state index in [-0.39, 0.29) is 23.2 Å². The minimum atomic E-state index is -3.72. The molecule has 3 rings (SSSR count). The number of hydrogen-bond donors (Lipinski definition) is 1. The molecule has 1 amide bonds. The predicted octanol–water partition coefficient (Wildman–Crippen LogP) is 2.69. The first-order valence-corrected chi connectivity index (χ1v) is 10.0. The van der Waals surface area contributed by atoms with Crippen LogP contribution in [0.2, 0.25) is 0 Å². The molecular weight excluding hydrogens is 355 g/mol. The number of piperidine rings is 1. The van der Waals surface area contributed by atoms with Crippen LogP contribution < -0.4 is 5.32 Å². The molecule has 1 N–H and O–H groups in total. The average Bonchev–Trinajstić information content (AvgIpc) is 2.68. The van der Waals surface area contributed by atoms with Gasteiger partial charge in [0.1, 0.15) is 11.9 Å². The van der Waals surface area contributed by atoms with Crippen LogP contribution in [0.1, 0.15) is 24.8 Å². The number of nitrogens with one attached hydrogen (secondary N) is 1. The predicted molar refractivity (Wildman–Crippen MR) is 96.2 cm³/mol. The molecule has 0 bridgehead atoms. The number of hydrogen-bond acceptors (Lipinski definition) is 3. The molecule has 1 aliphatic heterocycles. The highest BCUT2D eigenvalue weighted by molar-refractivity contribution is 7.89. The zero-order chi connectivity index (χ0) is 18.6. The van der Waals surface area contributed by atoms with Crippen molar-refractivity contribution < 1.29 is 17.6 Å². The van der Waals surface area contributed by atoms with Gasteiger partial charge in [0.15, 0.2) is 0 Å². The van der Waals surface area contributed by atoms with E-state index in [1.165, 1.54) is 28.6 Å². The largest absolute Gasteiger partial charge is 0.351 e. The molecule has 26 heavy (non-hydrogen) atoms. The Morgan fingerprint density at radius 1 is 1.08 bits per heavy atom. The van der Waals surface area contributed by atoms with Crippen LogP contribution >= 0.6 is 0 Å². The highest BCUT2D eigenvalue weighted by Crippen LogP contribution is 2.25. The van der Waals surface area contributed by atoms with Crippen molar-refractivity contribution in [1.29, 1.82) is 0 Å². The first kappa shape index (κ1) is 18.5. The summed E-state index contributed by atoms with van der Waals surface area (Å²) in [7, 11) is -3.72. The minimum Gasteiger partial charge on any atom is -0.351 e. The van der Waals surface area contributed by atoms with E-state index in [0.717, 1.165) is 18.4 Å². The van der Waals surface area contributed by atoms with Gasteiger partial charge in [0.2, 0.25) is 15.9 Å². The zero-order valence-electron chi connectivity index (χ0n) is 14.3. The lowest BCUT2D eigenvalue weighted by atomic mass is 10.0. The van der Waals surface area contributed by atoms with E-state index >= 15 is 0 Å². The van der Waals surface area contributed by atoms with Crippen molar-refractivity contribution in [2.24, 2.45) is 0 Å². The fraction of sp³-hybridized carbons (Fsp3) is 0.316.